The quantitative estimate of drug-likeness (QED) is 0.667. The fourth-order valence-electron chi connectivity index (χ4n) is 3.22. The molecular formula is C18H18F3N7O. The topological polar surface area (TPSA) is 81.2 Å². The lowest BCUT2D eigenvalue weighted by atomic mass is 10.4. The molecule has 8 nitrogen and oxygen atoms in total. The van der Waals surface area contributed by atoms with Gasteiger partial charge in [0.1, 0.15) is 12.4 Å². The van der Waals surface area contributed by atoms with Gasteiger partial charge in [0.15, 0.2) is 17.3 Å². The molecule has 0 bridgehead atoms. The van der Waals surface area contributed by atoms with Crippen molar-refractivity contribution in [1.29, 1.82) is 0 Å². The number of aryl methyl sites for hydroxylation is 2. The zero-order valence-corrected chi connectivity index (χ0v) is 15.8. The fraction of sp³-hybridized carbons (Fsp3) is 0.389. The van der Waals surface area contributed by atoms with E-state index in [1.165, 1.54) is 23.2 Å². The molecule has 152 valence electrons. The fourth-order valence-corrected chi connectivity index (χ4v) is 3.22. The predicted octanol–water partition coefficient (Wildman–Crippen LogP) is 2.80. The highest BCUT2D eigenvalue weighted by Gasteiger charge is 2.31. The van der Waals surface area contributed by atoms with E-state index in [2.05, 4.69) is 20.1 Å². The maximum atomic E-state index is 13.0. The molecule has 1 aliphatic heterocycles. The summed E-state index contributed by atoms with van der Waals surface area (Å²) in [6.07, 6.45) is 2.45. The molecule has 4 rings (SSSR count). The standard InChI is InChI=1S/C18H18F3N7O/c1-11-8-22-12(2)17-23-13(25-28(11)17)5-6-14-24-15(27-7-3-4-16(27)29)9-26(14)10-18(19,20)21/h5-6,8-9H,3-4,7,10H2,1-2H3/b6-5+. The number of hydrogen-bond donors (Lipinski definition) is 0. The van der Waals surface area contributed by atoms with Crippen LogP contribution in [0.2, 0.25) is 0 Å². The molecule has 29 heavy (non-hydrogen) atoms. The smallest absolute Gasteiger partial charge is 0.320 e. The third-order valence-corrected chi connectivity index (χ3v) is 4.60. The van der Waals surface area contributed by atoms with Gasteiger partial charge in [-0.05, 0) is 32.4 Å². The van der Waals surface area contributed by atoms with Crippen LogP contribution in [0.1, 0.15) is 35.9 Å². The van der Waals surface area contributed by atoms with E-state index in [4.69, 9.17) is 0 Å². The maximum absolute atomic E-state index is 13.0. The highest BCUT2D eigenvalue weighted by molar-refractivity contribution is 5.94. The Morgan fingerprint density at radius 1 is 1.21 bits per heavy atom. The molecule has 0 aliphatic carbocycles. The van der Waals surface area contributed by atoms with Crippen LogP contribution in [-0.2, 0) is 11.3 Å². The predicted molar refractivity (Wildman–Crippen MR) is 99.1 cm³/mol. The summed E-state index contributed by atoms with van der Waals surface area (Å²) < 4.78 is 41.6. The van der Waals surface area contributed by atoms with E-state index in [9.17, 15) is 18.0 Å². The number of rotatable bonds is 4. The molecule has 0 radical (unpaired) electrons. The van der Waals surface area contributed by atoms with E-state index in [-0.39, 0.29) is 17.5 Å². The first kappa shape index (κ1) is 19.1. The zero-order valence-electron chi connectivity index (χ0n) is 15.8. The highest BCUT2D eigenvalue weighted by atomic mass is 19.4. The molecule has 3 aromatic heterocycles. The second-order valence-corrected chi connectivity index (χ2v) is 6.87. The van der Waals surface area contributed by atoms with Crippen LogP contribution >= 0.6 is 0 Å². The lowest BCUT2D eigenvalue weighted by Gasteiger charge is -2.11. The van der Waals surface area contributed by atoms with Crippen molar-refractivity contribution in [3.05, 3.63) is 35.4 Å². The van der Waals surface area contributed by atoms with Gasteiger partial charge in [-0.15, -0.1) is 5.10 Å². The zero-order chi connectivity index (χ0) is 20.8. The number of amides is 1. The van der Waals surface area contributed by atoms with Gasteiger partial charge < -0.3 is 4.57 Å². The van der Waals surface area contributed by atoms with Crippen molar-refractivity contribution in [3.8, 4) is 0 Å². The Labute approximate surface area is 163 Å². The van der Waals surface area contributed by atoms with Crippen LogP contribution in [0, 0.1) is 13.8 Å². The van der Waals surface area contributed by atoms with Crippen molar-refractivity contribution in [2.45, 2.75) is 39.4 Å². The average molecular weight is 405 g/mol. The molecule has 1 aliphatic rings. The number of hydrogen-bond acceptors (Lipinski definition) is 5. The summed E-state index contributed by atoms with van der Waals surface area (Å²) >= 11 is 0. The van der Waals surface area contributed by atoms with Gasteiger partial charge in [-0.3, -0.25) is 14.7 Å². The summed E-state index contributed by atoms with van der Waals surface area (Å²) in [7, 11) is 0. The van der Waals surface area contributed by atoms with Crippen LogP contribution in [0.4, 0.5) is 19.0 Å². The third kappa shape index (κ3) is 3.84. The molecule has 0 aromatic carbocycles. The van der Waals surface area contributed by atoms with E-state index in [1.54, 1.807) is 17.6 Å². The molecule has 1 saturated heterocycles. The second-order valence-electron chi connectivity index (χ2n) is 6.87. The number of alkyl halides is 3. The molecule has 0 unspecified atom stereocenters. The van der Waals surface area contributed by atoms with Gasteiger partial charge in [-0.2, -0.15) is 13.2 Å². The van der Waals surface area contributed by atoms with Crippen LogP contribution in [0.15, 0.2) is 12.4 Å². The Balaban J connectivity index is 1.69. The van der Waals surface area contributed by atoms with Gasteiger partial charge in [-0.1, -0.05) is 0 Å². The van der Waals surface area contributed by atoms with Crippen molar-refractivity contribution in [2.75, 3.05) is 11.4 Å². The molecule has 0 spiro atoms. The summed E-state index contributed by atoms with van der Waals surface area (Å²) in [6.45, 7) is 2.87. The molecule has 0 atom stereocenters. The van der Waals surface area contributed by atoms with Crippen LogP contribution in [0.25, 0.3) is 17.8 Å². The average Bonchev–Trinajstić information content (AvgIpc) is 3.34. The summed E-state index contributed by atoms with van der Waals surface area (Å²) in [4.78, 5) is 26.2. The van der Waals surface area contributed by atoms with Crippen molar-refractivity contribution in [2.24, 2.45) is 0 Å². The largest absolute Gasteiger partial charge is 0.406 e. The minimum absolute atomic E-state index is 0.0717. The number of aromatic nitrogens is 6. The molecule has 4 heterocycles. The molecule has 1 amide bonds. The van der Waals surface area contributed by atoms with Crippen molar-refractivity contribution < 1.29 is 18.0 Å². The molecule has 0 saturated carbocycles. The maximum Gasteiger partial charge on any atom is 0.406 e. The molecule has 1 fully saturated rings. The molecule has 3 aromatic rings. The van der Waals surface area contributed by atoms with Crippen molar-refractivity contribution in [3.63, 3.8) is 0 Å². The Hall–Kier alpha value is -3.24. The summed E-state index contributed by atoms with van der Waals surface area (Å²) in [5.41, 5.74) is 2.05. The second kappa shape index (κ2) is 6.98. The summed E-state index contributed by atoms with van der Waals surface area (Å²) in [5.74, 6) is 0.472. The van der Waals surface area contributed by atoms with E-state index in [0.717, 1.165) is 10.3 Å². The number of anilines is 1. The van der Waals surface area contributed by atoms with Crippen LogP contribution in [-0.4, -0.2) is 47.8 Å². The van der Waals surface area contributed by atoms with E-state index >= 15 is 0 Å². The van der Waals surface area contributed by atoms with Crippen molar-refractivity contribution in [1.82, 2.24) is 29.1 Å². The Morgan fingerprint density at radius 2 is 2.00 bits per heavy atom. The van der Waals surface area contributed by atoms with Gasteiger partial charge in [0.05, 0.1) is 11.4 Å². The van der Waals surface area contributed by atoms with Gasteiger partial charge in [0.25, 0.3) is 0 Å². The van der Waals surface area contributed by atoms with Crippen molar-refractivity contribution >= 4 is 29.5 Å². The summed E-state index contributed by atoms with van der Waals surface area (Å²) in [6, 6.07) is 0. The minimum atomic E-state index is -4.42. The van der Waals surface area contributed by atoms with Crippen LogP contribution in [0.5, 0.6) is 0 Å². The van der Waals surface area contributed by atoms with E-state index in [1.807, 2.05) is 6.92 Å². The lowest BCUT2D eigenvalue weighted by molar-refractivity contribution is -0.140. The monoisotopic (exact) mass is 405 g/mol. The Kier molecular flexibility index (Phi) is 4.59. The molecule has 11 heteroatoms. The van der Waals surface area contributed by atoms with Crippen LogP contribution < -0.4 is 4.90 Å². The van der Waals surface area contributed by atoms with Gasteiger partial charge >= 0.3 is 6.18 Å². The number of fused-ring (bicyclic) bond motifs is 1. The SMILES string of the molecule is Cc1ncc(C)n2nc(/C=C/c3nc(N4CCCC4=O)cn3CC(F)(F)F)nc12. The number of halogens is 3. The molecular weight excluding hydrogens is 387 g/mol. The first-order chi connectivity index (χ1) is 13.7. The number of carbonyl (C=O) groups is 1. The number of carbonyl (C=O) groups excluding carboxylic acids is 1. The lowest BCUT2D eigenvalue weighted by Crippen LogP contribution is -2.24. The molecule has 0 N–H and O–H groups in total. The Bertz CT molecular complexity index is 1070. The number of nitrogens with zero attached hydrogens (tertiary/aromatic N) is 7. The van der Waals surface area contributed by atoms with Crippen LogP contribution in [0.3, 0.4) is 0 Å². The minimum Gasteiger partial charge on any atom is -0.320 e. The third-order valence-electron chi connectivity index (χ3n) is 4.60. The van der Waals surface area contributed by atoms with E-state index in [0.29, 0.717) is 36.6 Å². The van der Waals surface area contributed by atoms with Gasteiger partial charge in [0, 0.05) is 25.4 Å². The van der Waals surface area contributed by atoms with Gasteiger partial charge in [0.2, 0.25) is 5.91 Å². The highest BCUT2D eigenvalue weighted by Crippen LogP contribution is 2.25. The summed E-state index contributed by atoms with van der Waals surface area (Å²) in [5, 5.41) is 4.34. The van der Waals surface area contributed by atoms with Gasteiger partial charge in [-0.25, -0.2) is 14.5 Å². The first-order valence-electron chi connectivity index (χ1n) is 9.02. The van der Waals surface area contributed by atoms with E-state index < -0.39 is 12.7 Å². The first-order valence-corrected chi connectivity index (χ1v) is 9.02. The normalized spacial score (nSPS) is 15.3. The Morgan fingerprint density at radius 3 is 2.66 bits per heavy atom. The number of imidazole rings is 1.